The van der Waals surface area contributed by atoms with Crippen LogP contribution >= 0.6 is 0 Å². The van der Waals surface area contributed by atoms with Gasteiger partial charge in [-0.15, -0.1) is 0 Å². The molecule has 8 nitrogen and oxygen atoms in total. The van der Waals surface area contributed by atoms with Crippen LogP contribution < -0.4 is 9.47 Å². The van der Waals surface area contributed by atoms with E-state index in [1.807, 2.05) is 0 Å². The lowest BCUT2D eigenvalue weighted by Gasteiger charge is -2.22. The van der Waals surface area contributed by atoms with Gasteiger partial charge in [0.2, 0.25) is 0 Å². The molecule has 1 fully saturated rings. The molecule has 1 unspecified atom stereocenters. The van der Waals surface area contributed by atoms with Crippen molar-refractivity contribution >= 4 is 17.4 Å². The highest BCUT2D eigenvalue weighted by molar-refractivity contribution is 6.46. The van der Waals surface area contributed by atoms with Crippen LogP contribution in [0.1, 0.15) is 28.9 Å². The van der Waals surface area contributed by atoms with Crippen molar-refractivity contribution in [1.82, 2.24) is 4.90 Å². The molecule has 31 heavy (non-hydrogen) atoms. The lowest BCUT2D eigenvalue weighted by atomic mass is 9.99. The van der Waals surface area contributed by atoms with E-state index in [0.717, 1.165) is 0 Å². The van der Waals surface area contributed by atoms with Crippen LogP contribution in [0.3, 0.4) is 0 Å². The van der Waals surface area contributed by atoms with E-state index in [1.165, 1.54) is 11.2 Å². The molecule has 8 heteroatoms. The maximum absolute atomic E-state index is 13.0. The minimum absolute atomic E-state index is 0.0532. The Hall–Kier alpha value is -3.94. The highest BCUT2D eigenvalue weighted by Gasteiger charge is 2.48. The third-order valence-corrected chi connectivity index (χ3v) is 5.29. The summed E-state index contributed by atoms with van der Waals surface area (Å²) in [4.78, 5) is 27.2. The second-order valence-corrected chi connectivity index (χ2v) is 7.31. The number of rotatable bonds is 4. The van der Waals surface area contributed by atoms with Crippen LogP contribution in [-0.4, -0.2) is 34.9 Å². The van der Waals surface area contributed by atoms with E-state index in [0.29, 0.717) is 47.6 Å². The summed E-state index contributed by atoms with van der Waals surface area (Å²) in [6.45, 7) is 2.65. The average Bonchev–Trinajstić information content (AvgIpc) is 3.50. The van der Waals surface area contributed by atoms with Gasteiger partial charge in [-0.25, -0.2) is 0 Å². The van der Waals surface area contributed by atoms with E-state index in [-0.39, 0.29) is 17.9 Å². The number of amides is 1. The van der Waals surface area contributed by atoms with Crippen LogP contribution in [-0.2, 0) is 16.1 Å². The van der Waals surface area contributed by atoms with Gasteiger partial charge in [0.05, 0.1) is 18.4 Å². The predicted molar refractivity (Wildman–Crippen MR) is 107 cm³/mol. The van der Waals surface area contributed by atoms with Gasteiger partial charge < -0.3 is 28.3 Å². The van der Waals surface area contributed by atoms with Crippen molar-refractivity contribution in [3.05, 3.63) is 77.1 Å². The first-order chi connectivity index (χ1) is 15.0. The molecule has 2 aliphatic heterocycles. The molecule has 0 spiro atoms. The van der Waals surface area contributed by atoms with Crippen LogP contribution in [0.15, 0.2) is 63.1 Å². The van der Waals surface area contributed by atoms with Gasteiger partial charge in [-0.2, -0.15) is 0 Å². The van der Waals surface area contributed by atoms with Crippen molar-refractivity contribution in [2.75, 3.05) is 13.2 Å². The summed E-state index contributed by atoms with van der Waals surface area (Å²) in [6.07, 6.45) is 1.49. The summed E-state index contributed by atoms with van der Waals surface area (Å²) in [5.41, 5.74) is 0.288. The van der Waals surface area contributed by atoms with E-state index >= 15 is 0 Å². The summed E-state index contributed by atoms with van der Waals surface area (Å²) < 4.78 is 22.2. The fraction of sp³-hybridized carbons (Fsp3) is 0.217. The molecule has 3 aromatic rings. The normalized spacial score (nSPS) is 19.8. The number of Topliss-reactive ketones (excluding diaryl/α,β-unsaturated/α-hetero) is 1. The molecule has 2 aromatic heterocycles. The number of ether oxygens (including phenoxy) is 2. The van der Waals surface area contributed by atoms with E-state index in [4.69, 9.17) is 18.3 Å². The maximum Gasteiger partial charge on any atom is 0.296 e. The standard InChI is InChI=1S/C23H19NO7/c1-13-4-6-17(31-13)20-19(22(26)23(27)24(20)12-15-3-2-8-28-15)21(25)14-5-7-16-18(11-14)30-10-9-29-16/h2-8,11,20,25H,9-10,12H2,1H3/b21-19-. The average molecular weight is 421 g/mol. The second-order valence-electron chi connectivity index (χ2n) is 7.31. The largest absolute Gasteiger partial charge is 0.507 e. The zero-order valence-electron chi connectivity index (χ0n) is 16.7. The maximum atomic E-state index is 13.0. The minimum Gasteiger partial charge on any atom is -0.507 e. The smallest absolute Gasteiger partial charge is 0.296 e. The number of fused-ring (bicyclic) bond motifs is 1. The molecule has 0 bridgehead atoms. The molecule has 0 aliphatic carbocycles. The SMILES string of the molecule is Cc1ccc(C2/C(=C(/O)c3ccc4c(c3)OCCO4)C(=O)C(=O)N2Cc2ccco2)o1. The molecule has 1 saturated heterocycles. The van der Waals surface area contributed by atoms with Crippen LogP contribution in [0.2, 0.25) is 0 Å². The molecular formula is C23H19NO7. The summed E-state index contributed by atoms with van der Waals surface area (Å²) in [5.74, 6) is 0.684. The van der Waals surface area contributed by atoms with E-state index in [2.05, 4.69) is 0 Å². The van der Waals surface area contributed by atoms with Crippen LogP contribution in [0.4, 0.5) is 0 Å². The molecule has 2 aliphatic rings. The van der Waals surface area contributed by atoms with Crippen LogP contribution in [0.5, 0.6) is 11.5 Å². The number of hydrogen-bond donors (Lipinski definition) is 1. The lowest BCUT2D eigenvalue weighted by molar-refractivity contribution is -0.140. The number of aliphatic hydroxyl groups excluding tert-OH is 1. The Kier molecular flexibility index (Phi) is 4.54. The number of hydrogen-bond acceptors (Lipinski definition) is 7. The van der Waals surface area contributed by atoms with Crippen molar-refractivity contribution in [2.45, 2.75) is 19.5 Å². The predicted octanol–water partition coefficient (Wildman–Crippen LogP) is 3.57. The number of aliphatic hydroxyl groups is 1. The molecule has 1 aromatic carbocycles. The summed E-state index contributed by atoms with van der Waals surface area (Å²) in [7, 11) is 0. The lowest BCUT2D eigenvalue weighted by Crippen LogP contribution is -2.28. The Balaban J connectivity index is 1.62. The highest BCUT2D eigenvalue weighted by atomic mass is 16.6. The Morgan fingerprint density at radius 3 is 2.61 bits per heavy atom. The van der Waals surface area contributed by atoms with Crippen molar-refractivity contribution in [3.63, 3.8) is 0 Å². The molecule has 4 heterocycles. The van der Waals surface area contributed by atoms with Gasteiger partial charge in [-0.3, -0.25) is 9.59 Å². The number of ketones is 1. The number of carbonyl (C=O) groups excluding carboxylic acids is 2. The first-order valence-electron chi connectivity index (χ1n) is 9.80. The number of carbonyl (C=O) groups is 2. The van der Waals surface area contributed by atoms with Crippen molar-refractivity contribution in [3.8, 4) is 11.5 Å². The quantitative estimate of drug-likeness (QED) is 0.390. The molecule has 0 saturated carbocycles. The molecule has 1 N–H and O–H groups in total. The van der Waals surface area contributed by atoms with Crippen LogP contribution in [0.25, 0.3) is 5.76 Å². The van der Waals surface area contributed by atoms with Crippen molar-refractivity contribution in [1.29, 1.82) is 0 Å². The van der Waals surface area contributed by atoms with Gasteiger partial charge in [-0.05, 0) is 49.4 Å². The minimum atomic E-state index is -0.896. The zero-order chi connectivity index (χ0) is 21.5. The third kappa shape index (κ3) is 3.26. The topological polar surface area (TPSA) is 102 Å². The van der Waals surface area contributed by atoms with Crippen LogP contribution in [0, 0.1) is 6.92 Å². The Labute approximate surface area is 177 Å². The fourth-order valence-electron chi connectivity index (χ4n) is 3.86. The van der Waals surface area contributed by atoms with Gasteiger partial charge in [0.25, 0.3) is 11.7 Å². The Morgan fingerprint density at radius 2 is 1.90 bits per heavy atom. The molecule has 1 amide bonds. The molecule has 5 rings (SSSR count). The fourth-order valence-corrected chi connectivity index (χ4v) is 3.86. The van der Waals surface area contributed by atoms with Crippen molar-refractivity contribution in [2.24, 2.45) is 0 Å². The highest BCUT2D eigenvalue weighted by Crippen LogP contribution is 2.42. The van der Waals surface area contributed by atoms with E-state index in [1.54, 1.807) is 49.4 Å². The van der Waals surface area contributed by atoms with Crippen molar-refractivity contribution < 1.29 is 33.0 Å². The zero-order valence-corrected chi connectivity index (χ0v) is 16.7. The van der Waals surface area contributed by atoms with Gasteiger partial charge in [0.1, 0.15) is 42.3 Å². The Morgan fingerprint density at radius 1 is 1.10 bits per heavy atom. The van der Waals surface area contributed by atoms with Gasteiger partial charge in [0.15, 0.2) is 11.5 Å². The summed E-state index contributed by atoms with van der Waals surface area (Å²) in [5, 5.41) is 11.1. The number of nitrogens with zero attached hydrogens (tertiary/aromatic N) is 1. The second kappa shape index (κ2) is 7.39. The molecular weight excluding hydrogens is 402 g/mol. The molecule has 0 radical (unpaired) electrons. The van der Waals surface area contributed by atoms with Gasteiger partial charge >= 0.3 is 0 Å². The summed E-state index contributed by atoms with van der Waals surface area (Å²) >= 11 is 0. The third-order valence-electron chi connectivity index (χ3n) is 5.29. The van der Waals surface area contributed by atoms with E-state index < -0.39 is 17.7 Å². The Bertz CT molecular complexity index is 1190. The summed E-state index contributed by atoms with van der Waals surface area (Å²) in [6, 6.07) is 10.8. The number of furan rings is 2. The van der Waals surface area contributed by atoms with Gasteiger partial charge in [-0.1, -0.05) is 0 Å². The van der Waals surface area contributed by atoms with Gasteiger partial charge in [0, 0.05) is 5.56 Å². The number of likely N-dealkylation sites (tertiary alicyclic amines) is 1. The first kappa shape index (κ1) is 19.0. The first-order valence-corrected chi connectivity index (χ1v) is 9.80. The molecule has 1 atom stereocenters. The molecule has 158 valence electrons. The van der Waals surface area contributed by atoms with E-state index in [9.17, 15) is 14.7 Å². The number of benzene rings is 1. The number of aryl methyl sites for hydroxylation is 1. The monoisotopic (exact) mass is 421 g/mol.